The third-order valence-electron chi connectivity index (χ3n) is 7.68. The first-order valence-corrected chi connectivity index (χ1v) is 13.8. The van der Waals surface area contributed by atoms with E-state index in [-0.39, 0.29) is 0 Å². The highest BCUT2D eigenvalue weighted by Gasteiger charge is 2.18. The van der Waals surface area contributed by atoms with Crippen molar-refractivity contribution in [2.24, 2.45) is 0 Å². The van der Waals surface area contributed by atoms with Gasteiger partial charge in [-0.3, -0.25) is 0 Å². The zero-order valence-corrected chi connectivity index (χ0v) is 22.2. The average molecular weight is 509 g/mol. The van der Waals surface area contributed by atoms with Crippen LogP contribution in [0.2, 0.25) is 0 Å². The number of fused-ring (bicyclic) bond motifs is 2. The summed E-state index contributed by atoms with van der Waals surface area (Å²) < 4.78 is 0. The van der Waals surface area contributed by atoms with Crippen molar-refractivity contribution in [3.8, 4) is 22.3 Å². The fraction of sp³-hybridized carbons (Fsp3) is 0. The Morgan fingerprint density at radius 2 is 0.775 bits per heavy atom. The lowest BCUT2D eigenvalue weighted by molar-refractivity contribution is 1.55. The molecule has 0 unspecified atom stereocenters. The van der Waals surface area contributed by atoms with E-state index < -0.39 is 0 Å². The van der Waals surface area contributed by atoms with Gasteiger partial charge in [0.1, 0.15) is 0 Å². The Kier molecular flexibility index (Phi) is 6.28. The third-order valence-corrected chi connectivity index (χ3v) is 7.68. The summed E-state index contributed by atoms with van der Waals surface area (Å²) in [4.78, 5) is 0. The van der Waals surface area contributed by atoms with E-state index in [0.717, 1.165) is 0 Å². The van der Waals surface area contributed by atoms with E-state index in [1.54, 1.807) is 0 Å². The zero-order chi connectivity index (χ0) is 26.7. The molecule has 0 N–H and O–H groups in total. The minimum atomic E-state index is 1.20. The van der Waals surface area contributed by atoms with E-state index >= 15 is 0 Å². The van der Waals surface area contributed by atoms with Gasteiger partial charge in [-0.2, -0.15) is 0 Å². The lowest BCUT2D eigenvalue weighted by Gasteiger charge is -2.20. The lowest BCUT2D eigenvalue weighted by atomic mass is 9.83. The molecule has 188 valence electrons. The fourth-order valence-electron chi connectivity index (χ4n) is 5.92. The molecular weight excluding hydrogens is 480 g/mol. The van der Waals surface area contributed by atoms with Gasteiger partial charge in [0.25, 0.3) is 0 Å². The summed E-state index contributed by atoms with van der Waals surface area (Å²) in [6, 6.07) is 58.7. The normalized spacial score (nSPS) is 11.0. The van der Waals surface area contributed by atoms with Crippen molar-refractivity contribution >= 4 is 33.2 Å². The van der Waals surface area contributed by atoms with E-state index in [0.29, 0.717) is 0 Å². The molecule has 0 amide bonds. The molecule has 0 nitrogen and oxygen atoms in total. The molecule has 0 heterocycles. The maximum atomic E-state index is 2.38. The zero-order valence-electron chi connectivity index (χ0n) is 22.2. The molecule has 0 aliphatic heterocycles. The summed E-state index contributed by atoms with van der Waals surface area (Å²) in [5.41, 5.74) is 9.84. The maximum Gasteiger partial charge on any atom is -0.00199 e. The molecule has 0 saturated carbocycles. The first-order valence-electron chi connectivity index (χ1n) is 13.8. The highest BCUT2D eigenvalue weighted by atomic mass is 14.2. The minimum Gasteiger partial charge on any atom is -0.0622 e. The molecule has 0 aliphatic rings. The van der Waals surface area contributed by atoms with Crippen molar-refractivity contribution < 1.29 is 0 Å². The summed E-state index contributed by atoms with van der Waals surface area (Å²) in [6.45, 7) is 0. The molecule has 0 radical (unpaired) electrons. The number of hydrogen-bond acceptors (Lipinski definition) is 0. The largest absolute Gasteiger partial charge is 0.0622 e. The molecule has 0 atom stereocenters. The van der Waals surface area contributed by atoms with E-state index in [1.807, 2.05) is 0 Å². The summed E-state index contributed by atoms with van der Waals surface area (Å²) >= 11 is 0. The quantitative estimate of drug-likeness (QED) is 0.160. The predicted octanol–water partition coefficient (Wildman–Crippen LogP) is 10.9. The van der Waals surface area contributed by atoms with Gasteiger partial charge in [-0.05, 0) is 72.1 Å². The van der Waals surface area contributed by atoms with Gasteiger partial charge >= 0.3 is 0 Å². The maximum absolute atomic E-state index is 2.38. The van der Waals surface area contributed by atoms with Crippen LogP contribution in [-0.4, -0.2) is 0 Å². The SMILES string of the molecule is C(=C(c1ccccc1)c1ccccc1)c1cccc2c(-c3ccccc3)c3ccccc3c(-c3ccccc3)c12. The van der Waals surface area contributed by atoms with Crippen LogP contribution in [0.15, 0.2) is 164 Å². The Morgan fingerprint density at radius 3 is 1.32 bits per heavy atom. The average Bonchev–Trinajstić information content (AvgIpc) is 3.04. The summed E-state index contributed by atoms with van der Waals surface area (Å²) in [6.07, 6.45) is 2.38. The van der Waals surface area contributed by atoms with Gasteiger partial charge in [-0.15, -0.1) is 0 Å². The van der Waals surface area contributed by atoms with Crippen LogP contribution in [0.5, 0.6) is 0 Å². The Balaban J connectivity index is 1.65. The first-order chi connectivity index (χ1) is 19.9. The van der Waals surface area contributed by atoms with Crippen molar-refractivity contribution in [3.05, 3.63) is 180 Å². The second kappa shape index (κ2) is 10.5. The standard InChI is InChI=1S/C40H28/c1-5-16-29(17-6-1)37(30-18-7-2-8-19-30)28-33-24-15-27-36-38(31-20-9-3-10-21-31)34-25-13-14-26-35(34)39(40(33)36)32-22-11-4-12-23-32/h1-28H. The predicted molar refractivity (Wildman–Crippen MR) is 172 cm³/mol. The van der Waals surface area contributed by atoms with Crippen molar-refractivity contribution in [1.29, 1.82) is 0 Å². The highest BCUT2D eigenvalue weighted by Crippen LogP contribution is 2.45. The van der Waals surface area contributed by atoms with Gasteiger partial charge < -0.3 is 0 Å². The van der Waals surface area contributed by atoms with Crippen molar-refractivity contribution in [1.82, 2.24) is 0 Å². The van der Waals surface area contributed by atoms with Crippen LogP contribution in [0.25, 0.3) is 55.4 Å². The molecule has 0 fully saturated rings. The number of rotatable bonds is 5. The first kappa shape index (κ1) is 23.9. The van der Waals surface area contributed by atoms with Crippen molar-refractivity contribution in [2.45, 2.75) is 0 Å². The molecule has 0 bridgehead atoms. The van der Waals surface area contributed by atoms with E-state index in [9.17, 15) is 0 Å². The van der Waals surface area contributed by atoms with Crippen LogP contribution >= 0.6 is 0 Å². The molecule has 0 aliphatic carbocycles. The van der Waals surface area contributed by atoms with Crippen LogP contribution in [0.3, 0.4) is 0 Å². The van der Waals surface area contributed by atoms with Crippen LogP contribution in [0.1, 0.15) is 16.7 Å². The van der Waals surface area contributed by atoms with Crippen molar-refractivity contribution in [3.63, 3.8) is 0 Å². The van der Waals surface area contributed by atoms with Gasteiger partial charge in [0.2, 0.25) is 0 Å². The Labute approximate surface area is 235 Å². The second-order valence-electron chi connectivity index (χ2n) is 10.1. The van der Waals surface area contributed by atoms with Crippen molar-refractivity contribution in [2.75, 3.05) is 0 Å². The molecule has 0 aromatic heterocycles. The Morgan fingerprint density at radius 1 is 0.350 bits per heavy atom. The molecule has 0 spiro atoms. The smallest absolute Gasteiger partial charge is 0.00199 e. The van der Waals surface area contributed by atoms with Gasteiger partial charge in [-0.25, -0.2) is 0 Å². The molecule has 0 saturated heterocycles. The molecular formula is C40H28. The Bertz CT molecular complexity index is 1910. The summed E-state index contributed by atoms with van der Waals surface area (Å²) in [5.74, 6) is 0. The van der Waals surface area contributed by atoms with Gasteiger partial charge in [-0.1, -0.05) is 164 Å². The second-order valence-corrected chi connectivity index (χ2v) is 10.1. The van der Waals surface area contributed by atoms with Crippen LogP contribution in [-0.2, 0) is 0 Å². The summed E-state index contributed by atoms with van der Waals surface area (Å²) in [5, 5.41) is 5.07. The van der Waals surface area contributed by atoms with Gasteiger partial charge in [0.15, 0.2) is 0 Å². The topological polar surface area (TPSA) is 0 Å². The van der Waals surface area contributed by atoms with E-state index in [1.165, 1.54) is 66.1 Å². The van der Waals surface area contributed by atoms with Crippen LogP contribution in [0, 0.1) is 0 Å². The number of hydrogen-bond donors (Lipinski definition) is 0. The molecule has 7 rings (SSSR count). The molecule has 7 aromatic rings. The number of benzene rings is 7. The van der Waals surface area contributed by atoms with Crippen LogP contribution in [0.4, 0.5) is 0 Å². The Hall–Kier alpha value is -5.20. The molecule has 7 aromatic carbocycles. The van der Waals surface area contributed by atoms with Crippen LogP contribution < -0.4 is 0 Å². The van der Waals surface area contributed by atoms with E-state index in [2.05, 4.69) is 170 Å². The molecule has 0 heteroatoms. The fourth-order valence-corrected chi connectivity index (χ4v) is 5.92. The third kappa shape index (κ3) is 4.30. The van der Waals surface area contributed by atoms with Gasteiger partial charge in [0.05, 0.1) is 0 Å². The monoisotopic (exact) mass is 508 g/mol. The molecule has 40 heavy (non-hydrogen) atoms. The van der Waals surface area contributed by atoms with Gasteiger partial charge in [0, 0.05) is 0 Å². The minimum absolute atomic E-state index is 1.20. The highest BCUT2D eigenvalue weighted by molar-refractivity contribution is 6.23. The lowest BCUT2D eigenvalue weighted by Crippen LogP contribution is -1.94. The van der Waals surface area contributed by atoms with E-state index in [4.69, 9.17) is 0 Å². The summed E-state index contributed by atoms with van der Waals surface area (Å²) in [7, 11) is 0.